The Kier molecular flexibility index (Phi) is 6.17. The number of piperidine rings is 1. The molecule has 0 spiro atoms. The van der Waals surface area contributed by atoms with Gasteiger partial charge in [0.2, 0.25) is 0 Å². The molecular formula is C23H28N6O4. The maximum atomic E-state index is 12.4. The van der Waals surface area contributed by atoms with Gasteiger partial charge in [0.25, 0.3) is 0 Å². The minimum Gasteiger partial charge on any atom is -0.465 e. The number of aromatic nitrogens is 4. The first-order valence-electron chi connectivity index (χ1n) is 10.9. The summed E-state index contributed by atoms with van der Waals surface area (Å²) in [5, 5.41) is 3.40. The molecule has 1 aliphatic heterocycles. The van der Waals surface area contributed by atoms with Crippen LogP contribution in [0.15, 0.2) is 36.9 Å². The average molecular weight is 453 g/mol. The van der Waals surface area contributed by atoms with E-state index in [0.717, 1.165) is 18.5 Å². The van der Waals surface area contributed by atoms with Crippen LogP contribution in [-0.4, -0.2) is 68.2 Å². The first-order chi connectivity index (χ1) is 15.7. The third-order valence-electron chi connectivity index (χ3n) is 5.26. The summed E-state index contributed by atoms with van der Waals surface area (Å²) in [6.07, 6.45) is 8.26. The van der Waals surface area contributed by atoms with E-state index in [-0.39, 0.29) is 12.1 Å². The van der Waals surface area contributed by atoms with Gasteiger partial charge < -0.3 is 19.7 Å². The molecule has 0 bridgehead atoms. The number of methoxy groups -OCH3 is 1. The van der Waals surface area contributed by atoms with E-state index in [1.165, 1.54) is 7.11 Å². The molecule has 0 radical (unpaired) electrons. The molecule has 3 aromatic rings. The number of rotatable bonds is 4. The van der Waals surface area contributed by atoms with E-state index in [1.54, 1.807) is 41.8 Å². The zero-order valence-electron chi connectivity index (χ0n) is 19.2. The third kappa shape index (κ3) is 5.21. The molecule has 0 saturated carbocycles. The molecule has 1 N–H and O–H groups in total. The Morgan fingerprint density at radius 1 is 1.21 bits per heavy atom. The second kappa shape index (κ2) is 9.05. The van der Waals surface area contributed by atoms with Crippen LogP contribution in [-0.2, 0) is 9.47 Å². The predicted molar refractivity (Wildman–Crippen MR) is 122 cm³/mol. The summed E-state index contributed by atoms with van der Waals surface area (Å²) in [5.41, 5.74) is 1.89. The number of carbonyl (C=O) groups is 2. The quantitative estimate of drug-likeness (QED) is 0.600. The van der Waals surface area contributed by atoms with Crippen molar-refractivity contribution in [2.24, 2.45) is 0 Å². The minimum atomic E-state index is -0.525. The molecule has 1 fully saturated rings. The third-order valence-corrected chi connectivity index (χ3v) is 5.26. The molecule has 174 valence electrons. The van der Waals surface area contributed by atoms with Crippen LogP contribution in [0.5, 0.6) is 0 Å². The van der Waals surface area contributed by atoms with Crippen LogP contribution in [0.4, 0.5) is 10.6 Å². The average Bonchev–Trinajstić information content (AvgIpc) is 3.21. The normalized spacial score (nSPS) is 16.5. The molecule has 4 rings (SSSR count). The Balaban J connectivity index is 1.49. The summed E-state index contributed by atoms with van der Waals surface area (Å²) >= 11 is 0. The molecule has 0 unspecified atom stereocenters. The number of amides is 1. The summed E-state index contributed by atoms with van der Waals surface area (Å²) in [5.74, 6) is 0.200. The summed E-state index contributed by atoms with van der Waals surface area (Å²) in [4.78, 5) is 39.4. The highest BCUT2D eigenvalue weighted by molar-refractivity contribution is 5.90. The molecule has 0 aromatic carbocycles. The van der Waals surface area contributed by atoms with Crippen LogP contribution < -0.4 is 5.32 Å². The number of hydrogen-bond donors (Lipinski definition) is 1. The highest BCUT2D eigenvalue weighted by Gasteiger charge is 2.28. The summed E-state index contributed by atoms with van der Waals surface area (Å²) in [7, 11) is 1.34. The number of nitrogens with one attached hydrogen (secondary N) is 1. The summed E-state index contributed by atoms with van der Waals surface area (Å²) < 4.78 is 12.1. The van der Waals surface area contributed by atoms with Crippen molar-refractivity contribution >= 4 is 23.5 Å². The van der Waals surface area contributed by atoms with Gasteiger partial charge in [-0.15, -0.1) is 0 Å². The van der Waals surface area contributed by atoms with Crippen LogP contribution in [0, 0.1) is 0 Å². The van der Waals surface area contributed by atoms with Crippen LogP contribution >= 0.6 is 0 Å². The lowest BCUT2D eigenvalue weighted by atomic mass is 10.1. The van der Waals surface area contributed by atoms with E-state index in [4.69, 9.17) is 14.5 Å². The summed E-state index contributed by atoms with van der Waals surface area (Å²) in [6.45, 7) is 6.80. The van der Waals surface area contributed by atoms with Gasteiger partial charge in [0.05, 0.1) is 37.0 Å². The molecule has 3 aromatic heterocycles. The van der Waals surface area contributed by atoms with Crippen LogP contribution in [0.2, 0.25) is 0 Å². The number of esters is 1. The first kappa shape index (κ1) is 22.5. The Bertz CT molecular complexity index is 1170. The predicted octanol–water partition coefficient (Wildman–Crippen LogP) is 3.39. The number of pyridine rings is 1. The minimum absolute atomic E-state index is 0.0422. The number of hydrogen-bond acceptors (Lipinski definition) is 8. The van der Waals surface area contributed by atoms with E-state index in [9.17, 15) is 9.59 Å². The highest BCUT2D eigenvalue weighted by atomic mass is 16.6. The summed E-state index contributed by atoms with van der Waals surface area (Å²) in [6, 6.07) is 3.38. The van der Waals surface area contributed by atoms with Gasteiger partial charge in [0, 0.05) is 25.3 Å². The molecule has 0 aliphatic carbocycles. The second-order valence-electron chi connectivity index (χ2n) is 8.98. The van der Waals surface area contributed by atoms with Crippen molar-refractivity contribution < 1.29 is 19.1 Å². The highest BCUT2D eigenvalue weighted by Crippen LogP contribution is 2.22. The van der Waals surface area contributed by atoms with Gasteiger partial charge in [-0.05, 0) is 45.7 Å². The van der Waals surface area contributed by atoms with Crippen molar-refractivity contribution in [2.45, 2.75) is 45.3 Å². The maximum Gasteiger partial charge on any atom is 0.410 e. The van der Waals surface area contributed by atoms with E-state index < -0.39 is 11.6 Å². The van der Waals surface area contributed by atoms with Crippen LogP contribution in [0.25, 0.3) is 17.0 Å². The number of anilines is 1. The van der Waals surface area contributed by atoms with Gasteiger partial charge in [-0.3, -0.25) is 9.38 Å². The number of nitrogens with zero attached hydrogens (tertiary/aromatic N) is 5. The van der Waals surface area contributed by atoms with E-state index in [1.807, 2.05) is 25.2 Å². The number of imidazole rings is 1. The molecule has 1 amide bonds. The monoisotopic (exact) mass is 452 g/mol. The molecule has 33 heavy (non-hydrogen) atoms. The molecule has 10 heteroatoms. The zero-order valence-corrected chi connectivity index (χ0v) is 19.2. The molecule has 10 nitrogen and oxygen atoms in total. The lowest BCUT2D eigenvalue weighted by Crippen LogP contribution is -2.47. The fourth-order valence-corrected chi connectivity index (χ4v) is 3.77. The van der Waals surface area contributed by atoms with Crippen molar-refractivity contribution in [2.75, 3.05) is 25.5 Å². The number of ether oxygens (including phenoxy) is 2. The fraction of sp³-hybridized carbons (Fsp3) is 0.435. The standard InChI is InChI=1S/C23H28N6O4/c1-23(2,3)33-22(31)28-8-5-6-16(14-28)26-19-13-24-11-17(27-19)18-12-25-20-10-15(21(30)32-4)7-9-29(18)20/h7,9-13,16H,5-6,8,14H2,1-4H3,(H,26,27)/t16-/m1/s1. The molecule has 1 saturated heterocycles. The van der Waals surface area contributed by atoms with Gasteiger partial charge >= 0.3 is 12.1 Å². The van der Waals surface area contributed by atoms with E-state index in [2.05, 4.69) is 15.3 Å². The number of likely N-dealkylation sites (tertiary alicyclic amines) is 1. The Hall–Kier alpha value is -3.69. The van der Waals surface area contributed by atoms with Gasteiger partial charge in [0.15, 0.2) is 0 Å². The molecule has 1 atom stereocenters. The van der Waals surface area contributed by atoms with Gasteiger partial charge in [-0.2, -0.15) is 0 Å². The fourth-order valence-electron chi connectivity index (χ4n) is 3.77. The maximum absolute atomic E-state index is 12.4. The second-order valence-corrected chi connectivity index (χ2v) is 8.98. The van der Waals surface area contributed by atoms with Crippen LogP contribution in [0.1, 0.15) is 44.0 Å². The van der Waals surface area contributed by atoms with Gasteiger partial charge in [-0.25, -0.2) is 19.6 Å². The van der Waals surface area contributed by atoms with Crippen molar-refractivity contribution in [1.82, 2.24) is 24.3 Å². The molecule has 4 heterocycles. The number of carbonyl (C=O) groups excluding carboxylic acids is 2. The Morgan fingerprint density at radius 3 is 2.79 bits per heavy atom. The van der Waals surface area contributed by atoms with E-state index in [0.29, 0.717) is 35.8 Å². The van der Waals surface area contributed by atoms with Crippen molar-refractivity contribution in [3.05, 3.63) is 42.5 Å². The smallest absolute Gasteiger partial charge is 0.410 e. The van der Waals surface area contributed by atoms with Gasteiger partial charge in [0.1, 0.15) is 22.8 Å². The lowest BCUT2D eigenvalue weighted by Gasteiger charge is -2.34. The van der Waals surface area contributed by atoms with E-state index >= 15 is 0 Å². The van der Waals surface area contributed by atoms with Crippen molar-refractivity contribution in [3.63, 3.8) is 0 Å². The molecule has 1 aliphatic rings. The van der Waals surface area contributed by atoms with Crippen molar-refractivity contribution in [1.29, 1.82) is 0 Å². The largest absolute Gasteiger partial charge is 0.465 e. The zero-order chi connectivity index (χ0) is 23.6. The Labute approximate surface area is 191 Å². The SMILES string of the molecule is COC(=O)c1ccn2c(-c3cncc(N[C@@H]4CCCN(C(=O)OC(C)(C)C)C4)n3)cnc2c1. The Morgan fingerprint density at radius 2 is 2.03 bits per heavy atom. The van der Waals surface area contributed by atoms with Crippen molar-refractivity contribution in [3.8, 4) is 11.4 Å². The lowest BCUT2D eigenvalue weighted by molar-refractivity contribution is 0.0206. The topological polar surface area (TPSA) is 111 Å². The van der Waals surface area contributed by atoms with Gasteiger partial charge in [-0.1, -0.05) is 0 Å². The van der Waals surface area contributed by atoms with Crippen LogP contribution in [0.3, 0.4) is 0 Å². The molecular weight excluding hydrogens is 424 g/mol. The number of fused-ring (bicyclic) bond motifs is 1. The first-order valence-corrected chi connectivity index (χ1v) is 10.9.